The van der Waals surface area contributed by atoms with Crippen LogP contribution in [0.25, 0.3) is 0 Å². The Hall–Kier alpha value is -1.36. The summed E-state index contributed by atoms with van der Waals surface area (Å²) in [5.74, 6) is 0.169. The van der Waals surface area contributed by atoms with E-state index >= 15 is 0 Å². The molecule has 0 bridgehead atoms. The molecule has 0 radical (unpaired) electrons. The Morgan fingerprint density at radius 3 is 2.24 bits per heavy atom. The third-order valence-electron chi connectivity index (χ3n) is 3.74. The third-order valence-corrected chi connectivity index (χ3v) is 9.24. The minimum atomic E-state index is -1.96. The molecule has 0 aliphatic rings. The largest absolute Gasteiger partial charge is 0.508 e. The average molecular weight is 253 g/mol. The molecule has 0 amide bonds. The van der Waals surface area contributed by atoms with Gasteiger partial charge in [-0.05, 0) is 16.3 Å². The second kappa shape index (κ2) is 4.14. The molecule has 1 aromatic carbocycles. The lowest BCUT2D eigenvalue weighted by Gasteiger charge is -2.37. The number of phenolic OH excluding ortho intramolecular Hbond substituents is 1. The van der Waals surface area contributed by atoms with Gasteiger partial charge in [0.2, 0.25) is 0 Å². The predicted octanol–water partition coefficient (Wildman–Crippen LogP) is 3.02. The Bertz CT molecular complexity index is 450. The number of hydrogen-bond acceptors (Lipinski definition) is 3. The number of aromatic hydroxyl groups is 1. The number of benzene rings is 1. The zero-order chi connectivity index (χ0) is 13.4. The van der Waals surface area contributed by atoms with Crippen molar-refractivity contribution in [1.29, 1.82) is 0 Å². The first-order chi connectivity index (χ1) is 7.57. The van der Waals surface area contributed by atoms with E-state index in [0.717, 1.165) is 5.19 Å². The molecule has 1 N–H and O–H groups in total. The highest BCUT2D eigenvalue weighted by molar-refractivity contribution is 6.92. The molecule has 1 aromatic rings. The van der Waals surface area contributed by atoms with Gasteiger partial charge >= 0.3 is 0 Å². The summed E-state index contributed by atoms with van der Waals surface area (Å²) in [5, 5.41) is 21.5. The number of nitro groups is 1. The zero-order valence-electron chi connectivity index (χ0n) is 10.9. The van der Waals surface area contributed by atoms with Gasteiger partial charge in [0.1, 0.15) is 5.75 Å². The number of non-ortho nitro benzene ring substituents is 1. The van der Waals surface area contributed by atoms with E-state index in [2.05, 4.69) is 33.9 Å². The maximum Gasteiger partial charge on any atom is 0.269 e. The summed E-state index contributed by atoms with van der Waals surface area (Å²) >= 11 is 0. The Balaban J connectivity index is 3.40. The summed E-state index contributed by atoms with van der Waals surface area (Å²) in [6, 6.07) is 4.28. The first kappa shape index (κ1) is 13.7. The van der Waals surface area contributed by atoms with Gasteiger partial charge in [-0.2, -0.15) is 0 Å². The molecule has 0 spiro atoms. The van der Waals surface area contributed by atoms with Gasteiger partial charge in [0.15, 0.2) is 0 Å². The van der Waals surface area contributed by atoms with Crippen LogP contribution < -0.4 is 5.19 Å². The smallest absolute Gasteiger partial charge is 0.269 e. The number of hydrogen-bond donors (Lipinski definition) is 1. The number of nitro benzene ring substituents is 1. The van der Waals surface area contributed by atoms with Gasteiger partial charge in [-0.25, -0.2) is 0 Å². The Kier molecular flexibility index (Phi) is 3.34. The van der Waals surface area contributed by atoms with Crippen LogP contribution in [0, 0.1) is 10.1 Å². The van der Waals surface area contributed by atoms with Crippen molar-refractivity contribution < 1.29 is 10.0 Å². The SMILES string of the molecule is CC(C)(C)[Si](C)(C)c1cc([N+](=O)[O-])ccc1O. The zero-order valence-corrected chi connectivity index (χ0v) is 11.9. The summed E-state index contributed by atoms with van der Waals surface area (Å²) in [6.45, 7) is 10.6. The second-order valence-electron chi connectivity index (χ2n) is 5.83. The van der Waals surface area contributed by atoms with E-state index in [4.69, 9.17) is 0 Å². The van der Waals surface area contributed by atoms with Gasteiger partial charge in [-0.15, -0.1) is 0 Å². The molecule has 0 heterocycles. The van der Waals surface area contributed by atoms with Crippen molar-refractivity contribution in [2.45, 2.75) is 38.9 Å². The molecule has 17 heavy (non-hydrogen) atoms. The van der Waals surface area contributed by atoms with E-state index < -0.39 is 13.0 Å². The molecule has 0 saturated carbocycles. The van der Waals surface area contributed by atoms with Crippen LogP contribution in [-0.4, -0.2) is 18.1 Å². The highest BCUT2D eigenvalue weighted by Gasteiger charge is 2.39. The molecule has 5 heteroatoms. The van der Waals surface area contributed by atoms with Crippen LogP contribution in [0.4, 0.5) is 5.69 Å². The lowest BCUT2D eigenvalue weighted by atomic mass is 10.2. The Morgan fingerprint density at radius 2 is 1.82 bits per heavy atom. The minimum absolute atomic E-state index is 0.0275. The summed E-state index contributed by atoms with van der Waals surface area (Å²) in [7, 11) is -1.96. The van der Waals surface area contributed by atoms with E-state index in [0.29, 0.717) is 0 Å². The maximum atomic E-state index is 10.8. The van der Waals surface area contributed by atoms with Gasteiger partial charge in [0, 0.05) is 12.1 Å². The van der Waals surface area contributed by atoms with Crippen LogP contribution in [0.3, 0.4) is 0 Å². The normalized spacial score (nSPS) is 12.5. The molecular weight excluding hydrogens is 234 g/mol. The Morgan fingerprint density at radius 1 is 1.29 bits per heavy atom. The first-order valence-electron chi connectivity index (χ1n) is 5.55. The minimum Gasteiger partial charge on any atom is -0.508 e. The van der Waals surface area contributed by atoms with Crippen molar-refractivity contribution in [3.63, 3.8) is 0 Å². The van der Waals surface area contributed by atoms with E-state index in [1.54, 1.807) is 0 Å². The first-order valence-corrected chi connectivity index (χ1v) is 8.55. The van der Waals surface area contributed by atoms with Gasteiger partial charge in [-0.3, -0.25) is 10.1 Å². The molecule has 1 rings (SSSR count). The fourth-order valence-electron chi connectivity index (χ4n) is 1.54. The van der Waals surface area contributed by atoms with Crippen molar-refractivity contribution >= 4 is 18.9 Å². The number of rotatable bonds is 2. The monoisotopic (exact) mass is 253 g/mol. The van der Waals surface area contributed by atoms with E-state index in [9.17, 15) is 15.2 Å². The van der Waals surface area contributed by atoms with Gasteiger partial charge in [0.05, 0.1) is 13.0 Å². The molecule has 0 aliphatic carbocycles. The topological polar surface area (TPSA) is 63.4 Å². The van der Waals surface area contributed by atoms with E-state index in [1.807, 2.05) is 0 Å². The fraction of sp³-hybridized carbons (Fsp3) is 0.500. The highest BCUT2D eigenvalue weighted by atomic mass is 28.3. The van der Waals surface area contributed by atoms with Gasteiger partial charge < -0.3 is 5.11 Å². The second-order valence-corrected chi connectivity index (χ2v) is 11.1. The summed E-state index contributed by atoms with van der Waals surface area (Å²) in [6.07, 6.45) is 0. The third kappa shape index (κ3) is 2.49. The lowest BCUT2D eigenvalue weighted by molar-refractivity contribution is -0.384. The molecule has 0 fully saturated rings. The fourth-order valence-corrected chi connectivity index (χ4v) is 3.58. The van der Waals surface area contributed by atoms with Gasteiger partial charge in [-0.1, -0.05) is 33.9 Å². The van der Waals surface area contributed by atoms with Crippen LogP contribution in [0.2, 0.25) is 18.1 Å². The summed E-state index contributed by atoms with van der Waals surface area (Å²) in [5.41, 5.74) is 0.0441. The van der Waals surface area contributed by atoms with Crippen LogP contribution in [-0.2, 0) is 0 Å². The summed E-state index contributed by atoms with van der Waals surface area (Å²) < 4.78 is 0. The molecule has 0 aromatic heterocycles. The molecule has 0 unspecified atom stereocenters. The summed E-state index contributed by atoms with van der Waals surface area (Å²) in [4.78, 5) is 10.4. The average Bonchev–Trinajstić information content (AvgIpc) is 2.15. The van der Waals surface area contributed by atoms with Crippen LogP contribution in [0.15, 0.2) is 18.2 Å². The molecule has 0 atom stereocenters. The molecule has 0 saturated heterocycles. The van der Waals surface area contributed by atoms with E-state index in [-0.39, 0.29) is 16.5 Å². The quantitative estimate of drug-likeness (QED) is 0.500. The van der Waals surface area contributed by atoms with Crippen molar-refractivity contribution in [2.24, 2.45) is 0 Å². The van der Waals surface area contributed by atoms with Crippen molar-refractivity contribution in [3.8, 4) is 5.75 Å². The van der Waals surface area contributed by atoms with Crippen LogP contribution >= 0.6 is 0 Å². The van der Waals surface area contributed by atoms with Crippen molar-refractivity contribution in [2.75, 3.05) is 0 Å². The molecule has 4 nitrogen and oxygen atoms in total. The van der Waals surface area contributed by atoms with E-state index in [1.165, 1.54) is 18.2 Å². The molecular formula is C12H19NO3Si. The van der Waals surface area contributed by atoms with Crippen molar-refractivity contribution in [3.05, 3.63) is 28.3 Å². The number of phenols is 1. The van der Waals surface area contributed by atoms with Crippen molar-refractivity contribution in [1.82, 2.24) is 0 Å². The van der Waals surface area contributed by atoms with Gasteiger partial charge in [0.25, 0.3) is 5.69 Å². The predicted molar refractivity (Wildman–Crippen MR) is 71.6 cm³/mol. The lowest BCUT2D eigenvalue weighted by Crippen LogP contribution is -2.49. The molecule has 94 valence electrons. The Labute approximate surface area is 102 Å². The van der Waals surface area contributed by atoms with Crippen LogP contribution in [0.1, 0.15) is 20.8 Å². The maximum absolute atomic E-state index is 10.8. The van der Waals surface area contributed by atoms with Crippen LogP contribution in [0.5, 0.6) is 5.75 Å². The standard InChI is InChI=1S/C12H19NO3Si/c1-12(2,3)17(4,5)11-8-9(13(15)16)6-7-10(11)14/h6-8,14H,1-5H3. The highest BCUT2D eigenvalue weighted by Crippen LogP contribution is 2.37. The number of nitrogens with zero attached hydrogens (tertiary/aromatic N) is 1. The molecule has 0 aliphatic heterocycles.